The van der Waals surface area contributed by atoms with Crippen LogP contribution in [0.5, 0.6) is 0 Å². The van der Waals surface area contributed by atoms with Gasteiger partial charge >= 0.3 is 0 Å². The van der Waals surface area contributed by atoms with Crippen LogP contribution in [0.2, 0.25) is 0 Å². The first-order valence-electron chi connectivity index (χ1n) is 8.18. The fourth-order valence-electron chi connectivity index (χ4n) is 5.58. The molecule has 112 valence electrons. The first kappa shape index (κ1) is 13.1. The Balaban J connectivity index is 1.64. The number of rotatable bonds is 1. The number of amides is 1. The van der Waals surface area contributed by atoms with Crippen LogP contribution in [0.25, 0.3) is 0 Å². The Bertz CT molecular complexity index is 459. The fraction of sp³-hybridized carbons (Fsp3) is 0.938. The number of ether oxygens (including phenoxy) is 1. The summed E-state index contributed by atoms with van der Waals surface area (Å²) < 4.78 is 6.22. The van der Waals surface area contributed by atoms with Gasteiger partial charge in [-0.3, -0.25) is 4.79 Å². The van der Waals surface area contributed by atoms with E-state index in [2.05, 4.69) is 25.8 Å². The van der Waals surface area contributed by atoms with E-state index in [0.29, 0.717) is 11.8 Å². The van der Waals surface area contributed by atoms with E-state index in [1.54, 1.807) is 0 Å². The molecule has 4 nitrogen and oxygen atoms in total. The van der Waals surface area contributed by atoms with Crippen molar-refractivity contribution < 1.29 is 14.4 Å². The number of hydrogen-bond donors (Lipinski definition) is 1. The number of carbonyl (C=O) groups excluding carboxylic acids is 1. The molecule has 4 atom stereocenters. The molecule has 4 aliphatic rings. The van der Waals surface area contributed by atoms with Gasteiger partial charge in [-0.2, -0.15) is 0 Å². The third kappa shape index (κ3) is 1.24. The average Bonchev–Trinajstić information content (AvgIpc) is 2.91. The second-order valence-electron chi connectivity index (χ2n) is 8.05. The number of likely N-dealkylation sites (N-methyl/N-ethyl adjacent to an activating group) is 1. The molecule has 20 heavy (non-hydrogen) atoms. The monoisotopic (exact) mass is 279 g/mol. The van der Waals surface area contributed by atoms with Crippen molar-refractivity contribution in [3.05, 3.63) is 0 Å². The molecule has 0 aromatic rings. The van der Waals surface area contributed by atoms with Crippen LogP contribution < -0.4 is 4.90 Å². The number of quaternary nitrogens is 1. The zero-order chi connectivity index (χ0) is 14.2. The minimum absolute atomic E-state index is 0.0674. The highest BCUT2D eigenvalue weighted by Crippen LogP contribution is 2.75. The zero-order valence-electron chi connectivity index (χ0n) is 13.0. The quantitative estimate of drug-likeness (QED) is 0.729. The van der Waals surface area contributed by atoms with Crippen LogP contribution in [0.4, 0.5) is 0 Å². The number of carbonyl (C=O) groups is 1. The number of piperazine rings is 1. The molecule has 2 saturated heterocycles. The molecule has 2 heterocycles. The molecule has 2 aliphatic carbocycles. The molecule has 0 aromatic heterocycles. The molecule has 4 rings (SSSR count). The van der Waals surface area contributed by atoms with Crippen LogP contribution in [0.3, 0.4) is 0 Å². The van der Waals surface area contributed by atoms with Crippen LogP contribution in [-0.4, -0.2) is 56.2 Å². The van der Waals surface area contributed by atoms with Gasteiger partial charge in [0.15, 0.2) is 5.60 Å². The van der Waals surface area contributed by atoms with Crippen LogP contribution >= 0.6 is 0 Å². The van der Waals surface area contributed by atoms with Crippen molar-refractivity contribution in [3.8, 4) is 0 Å². The number of nitrogens with zero attached hydrogens (tertiary/aromatic N) is 1. The zero-order valence-corrected chi connectivity index (χ0v) is 13.0. The highest BCUT2D eigenvalue weighted by Gasteiger charge is 2.78. The van der Waals surface area contributed by atoms with Crippen molar-refractivity contribution in [2.24, 2.45) is 16.7 Å². The van der Waals surface area contributed by atoms with Crippen molar-refractivity contribution in [2.75, 3.05) is 39.8 Å². The molecule has 0 aromatic carbocycles. The van der Waals surface area contributed by atoms with Gasteiger partial charge in [0.25, 0.3) is 5.91 Å². The third-order valence-electron chi connectivity index (χ3n) is 7.45. The Kier molecular flexibility index (Phi) is 2.47. The maximum atomic E-state index is 13.2. The lowest BCUT2D eigenvalue weighted by Gasteiger charge is -2.44. The summed E-state index contributed by atoms with van der Waals surface area (Å²) in [6, 6.07) is 0. The molecule has 0 radical (unpaired) electrons. The SMILES string of the molecule is C[NH+]1CCN(C(=O)C23CC4CCC2(C)C4(C)CO3)CC1. The first-order chi connectivity index (χ1) is 9.43. The van der Waals surface area contributed by atoms with Gasteiger partial charge in [-0.1, -0.05) is 13.8 Å². The van der Waals surface area contributed by atoms with E-state index in [4.69, 9.17) is 4.74 Å². The van der Waals surface area contributed by atoms with E-state index >= 15 is 0 Å². The fourth-order valence-corrected chi connectivity index (χ4v) is 5.58. The van der Waals surface area contributed by atoms with E-state index in [0.717, 1.165) is 39.2 Å². The van der Waals surface area contributed by atoms with Gasteiger partial charge in [-0.05, 0) is 25.2 Å². The number of nitrogens with one attached hydrogen (secondary N) is 1. The molecule has 4 unspecified atom stereocenters. The van der Waals surface area contributed by atoms with E-state index < -0.39 is 5.60 Å². The Hall–Kier alpha value is -0.610. The topological polar surface area (TPSA) is 34.0 Å². The molecule has 1 N–H and O–H groups in total. The van der Waals surface area contributed by atoms with Gasteiger partial charge in [0.1, 0.15) is 0 Å². The van der Waals surface area contributed by atoms with Crippen molar-refractivity contribution in [1.29, 1.82) is 0 Å². The van der Waals surface area contributed by atoms with Gasteiger partial charge in [-0.15, -0.1) is 0 Å². The summed E-state index contributed by atoms with van der Waals surface area (Å²) >= 11 is 0. The molecular weight excluding hydrogens is 252 g/mol. The lowest BCUT2D eigenvalue weighted by molar-refractivity contribution is -0.883. The Morgan fingerprint density at radius 2 is 2.00 bits per heavy atom. The Morgan fingerprint density at radius 3 is 2.60 bits per heavy atom. The van der Waals surface area contributed by atoms with Gasteiger partial charge < -0.3 is 14.5 Å². The second kappa shape index (κ2) is 3.77. The van der Waals surface area contributed by atoms with E-state index in [9.17, 15) is 4.79 Å². The summed E-state index contributed by atoms with van der Waals surface area (Å²) in [4.78, 5) is 16.8. The van der Waals surface area contributed by atoms with Crippen LogP contribution in [0.1, 0.15) is 33.1 Å². The smallest absolute Gasteiger partial charge is 0.255 e. The molecule has 4 fully saturated rings. The molecule has 2 aliphatic heterocycles. The molecule has 4 bridgehead atoms. The predicted molar refractivity (Wildman–Crippen MR) is 75.4 cm³/mol. The van der Waals surface area contributed by atoms with Gasteiger partial charge in [0.2, 0.25) is 0 Å². The van der Waals surface area contributed by atoms with Crippen LogP contribution in [0.15, 0.2) is 0 Å². The molecule has 2 saturated carbocycles. The highest BCUT2D eigenvalue weighted by atomic mass is 16.5. The molecule has 0 spiro atoms. The van der Waals surface area contributed by atoms with Crippen molar-refractivity contribution >= 4 is 5.91 Å². The maximum absolute atomic E-state index is 13.2. The Labute approximate surface area is 121 Å². The molecule has 1 amide bonds. The van der Waals surface area contributed by atoms with Gasteiger partial charge in [0, 0.05) is 10.8 Å². The van der Waals surface area contributed by atoms with Crippen LogP contribution in [-0.2, 0) is 9.53 Å². The summed E-state index contributed by atoms with van der Waals surface area (Å²) in [5.74, 6) is 1.00. The Morgan fingerprint density at radius 1 is 1.30 bits per heavy atom. The van der Waals surface area contributed by atoms with Crippen molar-refractivity contribution in [1.82, 2.24) is 4.90 Å². The first-order valence-corrected chi connectivity index (χ1v) is 8.18. The summed E-state index contributed by atoms with van der Waals surface area (Å²) in [7, 11) is 2.21. The minimum Gasteiger partial charge on any atom is -0.364 e. The number of hydrogen-bond acceptors (Lipinski definition) is 2. The van der Waals surface area contributed by atoms with Gasteiger partial charge in [0.05, 0.1) is 39.8 Å². The van der Waals surface area contributed by atoms with Crippen molar-refractivity contribution in [2.45, 2.75) is 38.7 Å². The second-order valence-corrected chi connectivity index (χ2v) is 8.05. The van der Waals surface area contributed by atoms with Crippen molar-refractivity contribution in [3.63, 3.8) is 0 Å². The maximum Gasteiger partial charge on any atom is 0.255 e. The lowest BCUT2D eigenvalue weighted by Crippen LogP contribution is -3.12. The summed E-state index contributed by atoms with van der Waals surface area (Å²) in [6.07, 6.45) is 3.43. The lowest BCUT2D eigenvalue weighted by atomic mass is 9.66. The predicted octanol–water partition coefficient (Wildman–Crippen LogP) is -0.0614. The normalized spacial score (nSPS) is 51.0. The highest BCUT2D eigenvalue weighted by molar-refractivity contribution is 5.88. The molecular formula is C16H27N2O2+. The van der Waals surface area contributed by atoms with E-state index in [1.165, 1.54) is 17.7 Å². The van der Waals surface area contributed by atoms with Crippen LogP contribution in [0, 0.1) is 16.7 Å². The summed E-state index contributed by atoms with van der Waals surface area (Å²) in [5, 5.41) is 0. The summed E-state index contributed by atoms with van der Waals surface area (Å²) in [6.45, 7) is 9.41. The minimum atomic E-state index is -0.490. The largest absolute Gasteiger partial charge is 0.364 e. The van der Waals surface area contributed by atoms with E-state index in [-0.39, 0.29) is 10.8 Å². The van der Waals surface area contributed by atoms with E-state index in [1.807, 2.05) is 0 Å². The average molecular weight is 279 g/mol. The molecule has 4 heteroatoms. The van der Waals surface area contributed by atoms with Gasteiger partial charge in [-0.25, -0.2) is 0 Å². The standard InChI is InChI=1S/C16H26N2O2/c1-14-11-20-16(10-12(14)4-5-15(14,16)2)13(19)18-8-6-17(3)7-9-18/h12H,4-11H2,1-3H3/p+1. The summed E-state index contributed by atoms with van der Waals surface area (Å²) in [5.41, 5.74) is -0.186. The third-order valence-corrected chi connectivity index (χ3v) is 7.45.